The van der Waals surface area contributed by atoms with Gasteiger partial charge in [0.1, 0.15) is 11.7 Å². The van der Waals surface area contributed by atoms with E-state index in [1.807, 2.05) is 20.8 Å². The summed E-state index contributed by atoms with van der Waals surface area (Å²) in [5.41, 5.74) is 0.897. The third kappa shape index (κ3) is 3.83. The maximum absolute atomic E-state index is 12.9. The SMILES string of the molecule is CC(C)(C)n1ncc2c(=O)n(Cc3ccc([S+](=O)([O-])N4CCOCC4)cc3)cnc21. The molecule has 3 heterocycles. The smallest absolute Gasteiger partial charge is 0.264 e. The first-order chi connectivity index (χ1) is 14.2. The summed E-state index contributed by atoms with van der Waals surface area (Å²) >= 11 is 0. The molecule has 1 atom stereocenters. The van der Waals surface area contributed by atoms with Crippen molar-refractivity contribution in [1.82, 2.24) is 23.6 Å². The van der Waals surface area contributed by atoms with Crippen molar-refractivity contribution in [2.75, 3.05) is 26.3 Å². The van der Waals surface area contributed by atoms with Gasteiger partial charge in [-0.15, -0.1) is 4.31 Å². The molecular formula is C20H25N5O4S. The average Bonchev–Trinajstić information content (AvgIpc) is 3.17. The van der Waals surface area contributed by atoms with E-state index in [0.717, 1.165) is 5.56 Å². The van der Waals surface area contributed by atoms with Crippen LogP contribution in [0.4, 0.5) is 0 Å². The molecule has 4 rings (SSSR count). The highest BCUT2D eigenvalue weighted by Crippen LogP contribution is 2.23. The molecule has 0 spiro atoms. The summed E-state index contributed by atoms with van der Waals surface area (Å²) in [4.78, 5) is 17.5. The second-order valence-electron chi connectivity index (χ2n) is 8.30. The van der Waals surface area contributed by atoms with Crippen LogP contribution in [0.5, 0.6) is 0 Å². The molecule has 0 bridgehead atoms. The molecular weight excluding hydrogens is 406 g/mol. The fourth-order valence-corrected chi connectivity index (χ4v) is 4.86. The molecule has 30 heavy (non-hydrogen) atoms. The molecule has 10 heteroatoms. The second kappa shape index (κ2) is 7.69. The number of hydrogen-bond donors (Lipinski definition) is 0. The van der Waals surface area contributed by atoms with Gasteiger partial charge < -0.3 is 9.29 Å². The van der Waals surface area contributed by atoms with Crippen molar-refractivity contribution in [3.05, 3.63) is 52.7 Å². The lowest BCUT2D eigenvalue weighted by molar-refractivity contribution is 0.0696. The fourth-order valence-electron chi connectivity index (χ4n) is 3.45. The normalized spacial score (nSPS) is 17.9. The largest absolute Gasteiger partial charge is 0.593 e. The molecule has 1 fully saturated rings. The summed E-state index contributed by atoms with van der Waals surface area (Å²) in [6, 6.07) is 6.61. The Morgan fingerprint density at radius 3 is 2.47 bits per heavy atom. The Hall–Kier alpha value is -2.40. The molecule has 9 nitrogen and oxygen atoms in total. The molecule has 0 radical (unpaired) electrons. The van der Waals surface area contributed by atoms with Gasteiger partial charge in [-0.05, 0) is 38.5 Å². The Balaban J connectivity index is 1.58. The quantitative estimate of drug-likeness (QED) is 0.582. The van der Waals surface area contributed by atoms with Crippen molar-refractivity contribution in [3.63, 3.8) is 0 Å². The summed E-state index contributed by atoms with van der Waals surface area (Å²) in [5.74, 6) is 0. The van der Waals surface area contributed by atoms with Crippen molar-refractivity contribution in [2.24, 2.45) is 0 Å². The lowest BCUT2D eigenvalue weighted by Crippen LogP contribution is -2.44. The maximum Gasteiger partial charge on any atom is 0.264 e. The molecule has 0 saturated carbocycles. The van der Waals surface area contributed by atoms with E-state index in [1.165, 1.54) is 15.2 Å². The second-order valence-corrected chi connectivity index (χ2v) is 10.2. The van der Waals surface area contributed by atoms with Crippen molar-refractivity contribution in [2.45, 2.75) is 37.8 Å². The minimum atomic E-state index is -3.54. The van der Waals surface area contributed by atoms with Gasteiger partial charge in [0.15, 0.2) is 20.9 Å². The highest BCUT2D eigenvalue weighted by molar-refractivity contribution is 7.95. The molecule has 1 saturated heterocycles. The maximum atomic E-state index is 12.9. The van der Waals surface area contributed by atoms with Crippen LogP contribution < -0.4 is 5.56 Å². The monoisotopic (exact) mass is 431 g/mol. The Labute approximate surface area is 175 Å². The van der Waals surface area contributed by atoms with E-state index in [0.29, 0.717) is 43.9 Å². The van der Waals surface area contributed by atoms with Crippen LogP contribution in [-0.4, -0.2) is 54.5 Å². The number of aromatic nitrogens is 4. The van der Waals surface area contributed by atoms with E-state index in [9.17, 15) is 13.6 Å². The number of morpholine rings is 1. The minimum absolute atomic E-state index is 0.180. The van der Waals surface area contributed by atoms with Gasteiger partial charge in [0.25, 0.3) is 5.56 Å². The van der Waals surface area contributed by atoms with Gasteiger partial charge in [0.05, 0.1) is 44.6 Å². The first kappa shape index (κ1) is 20.9. The van der Waals surface area contributed by atoms with Crippen molar-refractivity contribution >= 4 is 21.4 Å². The Morgan fingerprint density at radius 1 is 1.17 bits per heavy atom. The van der Waals surface area contributed by atoms with Crippen LogP contribution in [0.3, 0.4) is 0 Å². The average molecular weight is 432 g/mol. The van der Waals surface area contributed by atoms with Crippen LogP contribution in [0, 0.1) is 0 Å². The first-order valence-electron chi connectivity index (χ1n) is 9.78. The van der Waals surface area contributed by atoms with E-state index in [-0.39, 0.29) is 16.0 Å². The molecule has 2 aromatic heterocycles. The number of benzene rings is 1. The molecule has 1 aliphatic heterocycles. The van der Waals surface area contributed by atoms with Crippen LogP contribution in [-0.2, 0) is 31.4 Å². The zero-order valence-electron chi connectivity index (χ0n) is 17.3. The highest BCUT2D eigenvalue weighted by Gasteiger charge is 2.31. The molecule has 1 aliphatic rings. The summed E-state index contributed by atoms with van der Waals surface area (Å²) in [6.45, 7) is 7.81. The molecule has 0 amide bonds. The Morgan fingerprint density at radius 2 is 1.83 bits per heavy atom. The number of rotatable bonds is 4. The third-order valence-corrected chi connectivity index (χ3v) is 6.99. The minimum Gasteiger partial charge on any atom is -0.593 e. The highest BCUT2D eigenvalue weighted by atomic mass is 32.3. The number of ether oxygens (including phenoxy) is 1. The molecule has 3 aromatic rings. The number of nitrogens with zero attached hydrogens (tertiary/aromatic N) is 5. The summed E-state index contributed by atoms with van der Waals surface area (Å²) < 4.78 is 35.4. The van der Waals surface area contributed by atoms with E-state index < -0.39 is 10.4 Å². The van der Waals surface area contributed by atoms with Gasteiger partial charge in [0, 0.05) is 0 Å². The van der Waals surface area contributed by atoms with Gasteiger partial charge in [-0.3, -0.25) is 9.36 Å². The van der Waals surface area contributed by atoms with E-state index in [1.54, 1.807) is 35.1 Å². The van der Waals surface area contributed by atoms with E-state index in [2.05, 4.69) is 10.1 Å². The molecule has 0 N–H and O–H groups in total. The van der Waals surface area contributed by atoms with Gasteiger partial charge in [-0.2, -0.15) is 5.10 Å². The lowest BCUT2D eigenvalue weighted by atomic mass is 10.1. The van der Waals surface area contributed by atoms with Gasteiger partial charge in [-0.1, -0.05) is 16.3 Å². The van der Waals surface area contributed by atoms with Gasteiger partial charge in [-0.25, -0.2) is 9.67 Å². The fraction of sp³-hybridized carbons (Fsp3) is 0.450. The van der Waals surface area contributed by atoms with Crippen LogP contribution in [0.25, 0.3) is 11.0 Å². The van der Waals surface area contributed by atoms with Crippen LogP contribution in [0.1, 0.15) is 26.3 Å². The predicted molar refractivity (Wildman–Crippen MR) is 112 cm³/mol. The molecule has 0 aliphatic carbocycles. The topological polar surface area (TPSA) is 105 Å². The van der Waals surface area contributed by atoms with Gasteiger partial charge >= 0.3 is 0 Å². The number of hydrogen-bond acceptors (Lipinski definition) is 6. The van der Waals surface area contributed by atoms with Crippen molar-refractivity contribution < 1.29 is 13.5 Å². The van der Waals surface area contributed by atoms with E-state index in [4.69, 9.17) is 4.74 Å². The molecule has 1 aromatic carbocycles. The Kier molecular flexibility index (Phi) is 5.35. The van der Waals surface area contributed by atoms with Crippen LogP contribution in [0.15, 0.2) is 46.5 Å². The number of fused-ring (bicyclic) bond motifs is 1. The lowest BCUT2D eigenvalue weighted by Gasteiger charge is -2.30. The summed E-state index contributed by atoms with van der Waals surface area (Å²) in [7, 11) is -3.54. The zero-order valence-corrected chi connectivity index (χ0v) is 18.1. The zero-order chi connectivity index (χ0) is 21.5. The Bertz CT molecular complexity index is 1160. The van der Waals surface area contributed by atoms with Crippen molar-refractivity contribution in [1.29, 1.82) is 0 Å². The van der Waals surface area contributed by atoms with Crippen molar-refractivity contribution in [3.8, 4) is 0 Å². The first-order valence-corrected chi connectivity index (χ1v) is 11.2. The third-order valence-electron chi connectivity index (χ3n) is 5.07. The molecule has 160 valence electrons. The standard InChI is InChI=1S/C20H25N5O4S/c1-20(2,3)25-18-17(12-22-25)19(26)23(14-21-18)13-15-4-6-16(7-5-15)30(27,28)24-8-10-29-11-9-24/h4-7,12,14H,8-11,13H2,1-3H3. The summed E-state index contributed by atoms with van der Waals surface area (Å²) in [6.07, 6.45) is 3.05. The molecule has 1 unspecified atom stereocenters. The van der Waals surface area contributed by atoms with Crippen LogP contribution >= 0.6 is 0 Å². The van der Waals surface area contributed by atoms with Crippen LogP contribution in [0.2, 0.25) is 0 Å². The summed E-state index contributed by atoms with van der Waals surface area (Å²) in [5, 5.41) is 4.78. The van der Waals surface area contributed by atoms with E-state index >= 15 is 0 Å². The predicted octanol–water partition coefficient (Wildman–Crippen LogP) is 1.63. The number of sulfonamides is 1. The van der Waals surface area contributed by atoms with Gasteiger partial charge in [0.2, 0.25) is 0 Å².